The summed E-state index contributed by atoms with van der Waals surface area (Å²) < 4.78 is 5.47. The zero-order valence-corrected chi connectivity index (χ0v) is 14.7. The molecule has 1 rings (SSSR count). The van der Waals surface area contributed by atoms with Crippen molar-refractivity contribution >= 4 is 0 Å². The predicted octanol–water partition coefficient (Wildman–Crippen LogP) is 2.68. The maximum absolute atomic E-state index is 5.47. The van der Waals surface area contributed by atoms with Crippen molar-refractivity contribution in [2.45, 2.75) is 47.0 Å². The molecule has 0 amide bonds. The van der Waals surface area contributed by atoms with Crippen LogP contribution >= 0.6 is 0 Å². The van der Waals surface area contributed by atoms with Crippen molar-refractivity contribution in [1.82, 2.24) is 9.80 Å². The van der Waals surface area contributed by atoms with Crippen LogP contribution in [-0.4, -0.2) is 69.3 Å². The monoisotopic (exact) mass is 291 g/mol. The highest BCUT2D eigenvalue weighted by Crippen LogP contribution is 1.98. The highest BCUT2D eigenvalue weighted by atomic mass is 16.5. The van der Waals surface area contributed by atoms with Crippen molar-refractivity contribution in [3.8, 4) is 0 Å². The molecule has 0 saturated carbocycles. The van der Waals surface area contributed by atoms with Crippen LogP contribution in [0.5, 0.6) is 0 Å². The van der Waals surface area contributed by atoms with E-state index in [-0.39, 0.29) is 1.43 Å². The second-order valence-corrected chi connectivity index (χ2v) is 4.90. The van der Waals surface area contributed by atoms with Crippen molar-refractivity contribution in [3.63, 3.8) is 0 Å². The van der Waals surface area contributed by atoms with Gasteiger partial charge < -0.3 is 15.4 Å². The second-order valence-electron chi connectivity index (χ2n) is 4.90. The van der Waals surface area contributed by atoms with E-state index in [1.54, 1.807) is 0 Å². The molecule has 1 fully saturated rings. The van der Waals surface area contributed by atoms with Crippen LogP contribution in [0.3, 0.4) is 0 Å². The Bertz CT molecular complexity index is 164. The van der Waals surface area contributed by atoms with Gasteiger partial charge >= 0.3 is 0 Å². The molecule has 1 heterocycles. The van der Waals surface area contributed by atoms with Crippen LogP contribution in [0.25, 0.3) is 0 Å². The lowest BCUT2D eigenvalue weighted by Crippen LogP contribution is -2.45. The van der Waals surface area contributed by atoms with Gasteiger partial charge in [0.25, 0.3) is 0 Å². The van der Waals surface area contributed by atoms with E-state index in [1.807, 2.05) is 13.8 Å². The van der Waals surface area contributed by atoms with Crippen molar-refractivity contribution < 1.29 is 6.16 Å². The van der Waals surface area contributed by atoms with E-state index in [0.29, 0.717) is 0 Å². The average Bonchev–Trinajstić information content (AvgIpc) is 2.51. The Morgan fingerprint density at radius 2 is 1.55 bits per heavy atom. The van der Waals surface area contributed by atoms with Crippen molar-refractivity contribution in [2.75, 3.05) is 59.5 Å². The van der Waals surface area contributed by atoms with Crippen LogP contribution < -0.4 is 5.73 Å². The highest BCUT2D eigenvalue weighted by molar-refractivity contribution is 4.68. The molecule has 1 aliphatic heterocycles. The summed E-state index contributed by atoms with van der Waals surface area (Å²) in [5.41, 5.74) is 5.37. The molecule has 0 atom stereocenters. The van der Waals surface area contributed by atoms with Gasteiger partial charge in [0.05, 0.1) is 6.61 Å². The zero-order chi connectivity index (χ0) is 15.6. The van der Waals surface area contributed by atoms with Gasteiger partial charge in [0, 0.05) is 40.8 Å². The standard InChI is InChI=1S/C10H23N3O.C4H10.C2H6.H2/c1-12-4-6-13(7-5-12)8-10-14-9-2-3-11;1-3-4-2;1-2;/h2-11H2,1H3;3-4H2,1-2H3;1-2H3;1H. The molecule has 20 heavy (non-hydrogen) atoms. The maximum Gasteiger partial charge on any atom is 0.0593 e. The van der Waals surface area contributed by atoms with Gasteiger partial charge in [0.15, 0.2) is 0 Å². The largest absolute Gasteiger partial charge is 0.380 e. The van der Waals surface area contributed by atoms with Crippen molar-refractivity contribution in [2.24, 2.45) is 5.73 Å². The number of nitrogens with zero attached hydrogens (tertiary/aromatic N) is 2. The number of likely N-dealkylation sites (N-methyl/N-ethyl adjacent to an activating group) is 1. The maximum atomic E-state index is 5.47. The predicted molar refractivity (Wildman–Crippen MR) is 92.5 cm³/mol. The van der Waals surface area contributed by atoms with Crippen LogP contribution in [0.15, 0.2) is 0 Å². The summed E-state index contributed by atoms with van der Waals surface area (Å²) in [4.78, 5) is 4.83. The first-order valence-corrected chi connectivity index (χ1v) is 8.43. The van der Waals surface area contributed by atoms with Crippen LogP contribution in [0.2, 0.25) is 0 Å². The fraction of sp³-hybridized carbons (Fsp3) is 1.00. The first-order valence-electron chi connectivity index (χ1n) is 8.43. The molecule has 126 valence electrons. The second kappa shape index (κ2) is 18.8. The van der Waals surface area contributed by atoms with Gasteiger partial charge in [-0.2, -0.15) is 0 Å². The Morgan fingerprint density at radius 3 is 2.00 bits per heavy atom. The first-order chi connectivity index (χ1) is 9.74. The quantitative estimate of drug-likeness (QED) is 0.732. The third kappa shape index (κ3) is 15.9. The fourth-order valence-electron chi connectivity index (χ4n) is 1.55. The summed E-state index contributed by atoms with van der Waals surface area (Å²) in [6.45, 7) is 16.5. The number of hydrogen-bond acceptors (Lipinski definition) is 4. The average molecular weight is 292 g/mol. The summed E-state index contributed by atoms with van der Waals surface area (Å²) in [6, 6.07) is 0. The summed E-state index contributed by atoms with van der Waals surface area (Å²) in [5.74, 6) is 0. The number of nitrogens with two attached hydrogens (primary N) is 1. The van der Waals surface area contributed by atoms with Crippen LogP contribution in [0, 0.1) is 0 Å². The summed E-state index contributed by atoms with van der Waals surface area (Å²) in [6.07, 6.45) is 3.61. The van der Waals surface area contributed by atoms with Crippen LogP contribution in [0.1, 0.15) is 48.4 Å². The number of unbranched alkanes of at least 4 members (excludes halogenated alkanes) is 1. The molecule has 2 N–H and O–H groups in total. The Balaban J connectivity index is -0.000000401. The van der Waals surface area contributed by atoms with E-state index >= 15 is 0 Å². The lowest BCUT2D eigenvalue weighted by Gasteiger charge is -2.32. The third-order valence-electron chi connectivity index (χ3n) is 3.14. The van der Waals surface area contributed by atoms with Gasteiger partial charge in [-0.3, -0.25) is 4.90 Å². The zero-order valence-electron chi connectivity index (χ0n) is 14.7. The molecule has 0 spiro atoms. The SMILES string of the molecule is CC.CCCC.CN1CCN(CCOCCCN)CC1.[HH]. The summed E-state index contributed by atoms with van der Waals surface area (Å²) >= 11 is 0. The number of piperazine rings is 1. The molecule has 0 aliphatic carbocycles. The molecule has 0 aromatic carbocycles. The van der Waals surface area contributed by atoms with Gasteiger partial charge in [-0.05, 0) is 20.0 Å². The van der Waals surface area contributed by atoms with E-state index in [0.717, 1.165) is 32.7 Å². The Kier molecular flexibility index (Phi) is 20.8. The number of ether oxygens (including phenoxy) is 1. The molecule has 1 aliphatic rings. The van der Waals surface area contributed by atoms with E-state index in [1.165, 1.54) is 39.0 Å². The fourth-order valence-corrected chi connectivity index (χ4v) is 1.55. The Morgan fingerprint density at radius 1 is 1.00 bits per heavy atom. The van der Waals surface area contributed by atoms with Crippen molar-refractivity contribution in [1.29, 1.82) is 0 Å². The smallest absolute Gasteiger partial charge is 0.0593 e. The molecule has 0 unspecified atom stereocenters. The number of hydrogen-bond donors (Lipinski definition) is 1. The first kappa shape index (κ1) is 22.1. The van der Waals surface area contributed by atoms with E-state index in [4.69, 9.17) is 10.5 Å². The lowest BCUT2D eigenvalue weighted by atomic mass is 10.3. The molecule has 0 aromatic heterocycles. The molecule has 4 heteroatoms. The molecule has 0 aromatic rings. The Hall–Kier alpha value is -0.160. The highest BCUT2D eigenvalue weighted by Gasteiger charge is 2.12. The third-order valence-corrected chi connectivity index (χ3v) is 3.14. The Labute approximate surface area is 129 Å². The summed E-state index contributed by atoms with van der Waals surface area (Å²) in [7, 11) is 2.18. The van der Waals surface area contributed by atoms with Gasteiger partial charge in [-0.1, -0.05) is 40.5 Å². The minimum atomic E-state index is 0. The van der Waals surface area contributed by atoms with Gasteiger partial charge in [-0.15, -0.1) is 0 Å². The molecular weight excluding hydrogens is 250 g/mol. The van der Waals surface area contributed by atoms with Gasteiger partial charge in [0.2, 0.25) is 0 Å². The van der Waals surface area contributed by atoms with Gasteiger partial charge in [0.1, 0.15) is 0 Å². The van der Waals surface area contributed by atoms with E-state index in [2.05, 4.69) is 30.7 Å². The minimum absolute atomic E-state index is 0. The van der Waals surface area contributed by atoms with Crippen LogP contribution in [-0.2, 0) is 4.74 Å². The van der Waals surface area contributed by atoms with E-state index < -0.39 is 0 Å². The topological polar surface area (TPSA) is 41.7 Å². The number of rotatable bonds is 7. The summed E-state index contributed by atoms with van der Waals surface area (Å²) in [5, 5.41) is 0. The van der Waals surface area contributed by atoms with Crippen LogP contribution in [0.4, 0.5) is 0 Å². The molecule has 0 radical (unpaired) electrons. The van der Waals surface area contributed by atoms with Crippen molar-refractivity contribution in [3.05, 3.63) is 0 Å². The molecule has 4 nitrogen and oxygen atoms in total. The molecular formula is C16H41N3O. The molecule has 0 bridgehead atoms. The lowest BCUT2D eigenvalue weighted by molar-refractivity contribution is 0.0815. The molecule has 1 saturated heterocycles. The van der Waals surface area contributed by atoms with Gasteiger partial charge in [-0.25, -0.2) is 0 Å². The minimum Gasteiger partial charge on any atom is -0.380 e. The normalized spacial score (nSPS) is 15.9. The van der Waals surface area contributed by atoms with E-state index in [9.17, 15) is 0 Å².